The van der Waals surface area contributed by atoms with Crippen LogP contribution in [0, 0.1) is 5.92 Å². The van der Waals surface area contributed by atoms with Crippen molar-refractivity contribution in [3.63, 3.8) is 0 Å². The van der Waals surface area contributed by atoms with Crippen molar-refractivity contribution in [3.05, 3.63) is 126 Å². The van der Waals surface area contributed by atoms with Gasteiger partial charge in [0.05, 0.1) is 11.0 Å². The molecule has 174 valence electrons. The molecule has 0 radical (unpaired) electrons. The van der Waals surface area contributed by atoms with Crippen LogP contribution in [-0.2, 0) is 12.8 Å². The molecule has 0 atom stereocenters. The molecule has 36 heavy (non-hydrogen) atoms. The fourth-order valence-corrected chi connectivity index (χ4v) is 6.00. The van der Waals surface area contributed by atoms with Crippen molar-refractivity contribution in [2.45, 2.75) is 26.7 Å². The Morgan fingerprint density at radius 3 is 2.11 bits per heavy atom. The lowest BCUT2D eigenvalue weighted by molar-refractivity contribution is 0.647. The van der Waals surface area contributed by atoms with Gasteiger partial charge >= 0.3 is 0 Å². The summed E-state index contributed by atoms with van der Waals surface area (Å²) in [5.41, 5.74) is 13.4. The summed E-state index contributed by atoms with van der Waals surface area (Å²) in [5, 5.41) is 2.59. The van der Waals surface area contributed by atoms with Crippen LogP contribution in [0.4, 0.5) is 0 Å². The summed E-state index contributed by atoms with van der Waals surface area (Å²) >= 11 is 0. The molecule has 0 amide bonds. The molecule has 0 saturated carbocycles. The van der Waals surface area contributed by atoms with Crippen LogP contribution in [0.25, 0.3) is 49.7 Å². The second kappa shape index (κ2) is 8.24. The Morgan fingerprint density at radius 2 is 1.28 bits per heavy atom. The number of fused-ring (bicyclic) bond motifs is 6. The first-order chi connectivity index (χ1) is 17.7. The highest BCUT2D eigenvalue weighted by molar-refractivity contribution is 6.10. The number of hydrogen-bond donors (Lipinski definition) is 0. The highest BCUT2D eigenvalue weighted by atomic mass is 15.0. The van der Waals surface area contributed by atoms with Crippen molar-refractivity contribution in [1.29, 1.82) is 0 Å². The third-order valence-electron chi connectivity index (χ3n) is 7.62. The molecule has 1 nitrogen and oxygen atoms in total. The summed E-state index contributed by atoms with van der Waals surface area (Å²) in [7, 11) is 0. The van der Waals surface area contributed by atoms with Gasteiger partial charge < -0.3 is 4.57 Å². The minimum absolute atomic E-state index is 0.667. The van der Waals surface area contributed by atoms with Gasteiger partial charge in [-0.1, -0.05) is 86.6 Å². The number of aromatic nitrogens is 1. The summed E-state index contributed by atoms with van der Waals surface area (Å²) in [4.78, 5) is 0. The standard InChI is InChI=1S/C35H29N/c1-23(2)18-24-12-13-27-20-28-15-14-25(21-32(28)31(27)19-24)26-16-17-35-33(22-26)30-10-6-7-11-34(30)36(35)29-8-4-3-5-9-29/h3-17,19,21-23H,18,20H2,1-2H3. The van der Waals surface area contributed by atoms with E-state index in [0.717, 1.165) is 12.8 Å². The fourth-order valence-electron chi connectivity index (χ4n) is 6.00. The van der Waals surface area contributed by atoms with Gasteiger partial charge in [-0.15, -0.1) is 0 Å². The molecule has 6 aromatic rings. The summed E-state index contributed by atoms with van der Waals surface area (Å²) in [6.07, 6.45) is 2.17. The van der Waals surface area contributed by atoms with Gasteiger partial charge in [0.1, 0.15) is 0 Å². The van der Waals surface area contributed by atoms with Gasteiger partial charge in [0, 0.05) is 16.5 Å². The van der Waals surface area contributed by atoms with Crippen LogP contribution in [0.5, 0.6) is 0 Å². The van der Waals surface area contributed by atoms with Crippen molar-refractivity contribution in [2.75, 3.05) is 0 Å². The van der Waals surface area contributed by atoms with Crippen LogP contribution in [0.1, 0.15) is 30.5 Å². The highest BCUT2D eigenvalue weighted by Crippen LogP contribution is 2.41. The van der Waals surface area contributed by atoms with Crippen LogP contribution < -0.4 is 0 Å². The lowest BCUT2D eigenvalue weighted by Gasteiger charge is -2.10. The minimum atomic E-state index is 0.667. The van der Waals surface area contributed by atoms with E-state index >= 15 is 0 Å². The normalized spacial score (nSPS) is 12.4. The molecule has 1 heterocycles. The molecule has 0 unspecified atom stereocenters. The summed E-state index contributed by atoms with van der Waals surface area (Å²) < 4.78 is 2.38. The largest absolute Gasteiger partial charge is 0.309 e. The topological polar surface area (TPSA) is 4.93 Å². The Balaban J connectivity index is 1.37. The molecule has 0 aliphatic heterocycles. The van der Waals surface area contributed by atoms with E-state index in [1.807, 2.05) is 0 Å². The molecule has 1 aliphatic carbocycles. The summed E-state index contributed by atoms with van der Waals surface area (Å²) in [5.74, 6) is 0.667. The molecule has 0 N–H and O–H groups in total. The van der Waals surface area contributed by atoms with Crippen molar-refractivity contribution in [1.82, 2.24) is 4.57 Å². The van der Waals surface area contributed by atoms with E-state index in [1.165, 1.54) is 66.4 Å². The zero-order valence-electron chi connectivity index (χ0n) is 20.8. The lowest BCUT2D eigenvalue weighted by Crippen LogP contribution is -1.94. The van der Waals surface area contributed by atoms with Crippen LogP contribution >= 0.6 is 0 Å². The van der Waals surface area contributed by atoms with Crippen LogP contribution in [0.15, 0.2) is 109 Å². The third-order valence-corrected chi connectivity index (χ3v) is 7.62. The second-order valence-corrected chi connectivity index (χ2v) is 10.6. The number of para-hydroxylation sites is 2. The average Bonchev–Trinajstić information content (AvgIpc) is 3.43. The monoisotopic (exact) mass is 463 g/mol. The first kappa shape index (κ1) is 21.2. The maximum Gasteiger partial charge on any atom is 0.0541 e. The molecule has 5 aromatic carbocycles. The average molecular weight is 464 g/mol. The smallest absolute Gasteiger partial charge is 0.0541 e. The molecule has 0 spiro atoms. The number of nitrogens with zero attached hydrogens (tertiary/aromatic N) is 1. The summed E-state index contributed by atoms with van der Waals surface area (Å²) in [6.45, 7) is 4.59. The zero-order chi connectivity index (χ0) is 24.2. The number of rotatable bonds is 4. The zero-order valence-corrected chi connectivity index (χ0v) is 20.8. The quantitative estimate of drug-likeness (QED) is 0.245. The molecule has 7 rings (SSSR count). The van der Waals surface area contributed by atoms with Gasteiger partial charge in [0.2, 0.25) is 0 Å². The molecular formula is C35H29N. The van der Waals surface area contributed by atoms with Gasteiger partial charge in [-0.2, -0.15) is 0 Å². The van der Waals surface area contributed by atoms with Gasteiger partial charge in [-0.05, 0) is 94.1 Å². The molecular weight excluding hydrogens is 434 g/mol. The molecule has 0 saturated heterocycles. The Hall–Kier alpha value is -4.10. The molecule has 1 heteroatoms. The Morgan fingerprint density at radius 1 is 0.611 bits per heavy atom. The predicted molar refractivity (Wildman–Crippen MR) is 153 cm³/mol. The van der Waals surface area contributed by atoms with E-state index < -0.39 is 0 Å². The predicted octanol–water partition coefficient (Wildman–Crippen LogP) is 9.22. The van der Waals surface area contributed by atoms with Gasteiger partial charge in [0.25, 0.3) is 0 Å². The van der Waals surface area contributed by atoms with Crippen molar-refractivity contribution >= 4 is 21.8 Å². The maximum atomic E-state index is 2.43. The summed E-state index contributed by atoms with van der Waals surface area (Å²) in [6, 6.07) is 40.5. The first-order valence-electron chi connectivity index (χ1n) is 13.0. The first-order valence-corrected chi connectivity index (χ1v) is 13.0. The molecule has 1 aliphatic rings. The van der Waals surface area contributed by atoms with E-state index in [0.29, 0.717) is 5.92 Å². The second-order valence-electron chi connectivity index (χ2n) is 10.6. The van der Waals surface area contributed by atoms with Gasteiger partial charge in [-0.25, -0.2) is 0 Å². The third kappa shape index (κ3) is 3.38. The Labute approximate surface area is 212 Å². The molecule has 0 bridgehead atoms. The van der Waals surface area contributed by atoms with Gasteiger partial charge in [0.15, 0.2) is 0 Å². The van der Waals surface area contributed by atoms with E-state index in [9.17, 15) is 0 Å². The Kier molecular flexibility index (Phi) is 4.85. The maximum absolute atomic E-state index is 2.43. The molecule has 1 aromatic heterocycles. The molecule has 0 fully saturated rings. The van der Waals surface area contributed by atoms with Crippen LogP contribution in [0.3, 0.4) is 0 Å². The minimum Gasteiger partial charge on any atom is -0.309 e. The number of benzene rings is 5. The van der Waals surface area contributed by atoms with E-state index in [4.69, 9.17) is 0 Å². The van der Waals surface area contributed by atoms with Gasteiger partial charge in [-0.3, -0.25) is 0 Å². The van der Waals surface area contributed by atoms with E-state index in [-0.39, 0.29) is 0 Å². The number of hydrogen-bond acceptors (Lipinski definition) is 0. The highest BCUT2D eigenvalue weighted by Gasteiger charge is 2.20. The SMILES string of the molecule is CC(C)Cc1ccc2c(c1)-c1cc(-c3ccc4c(c3)c3ccccc3n4-c3ccccc3)ccc1C2. The van der Waals surface area contributed by atoms with Crippen molar-refractivity contribution < 1.29 is 0 Å². The van der Waals surface area contributed by atoms with Crippen molar-refractivity contribution in [2.24, 2.45) is 5.92 Å². The Bertz CT molecular complexity index is 1750. The van der Waals surface area contributed by atoms with E-state index in [2.05, 4.69) is 128 Å². The van der Waals surface area contributed by atoms with E-state index in [1.54, 1.807) is 0 Å². The lowest BCUT2D eigenvalue weighted by atomic mass is 9.95. The van der Waals surface area contributed by atoms with Crippen LogP contribution in [0.2, 0.25) is 0 Å². The van der Waals surface area contributed by atoms with Crippen LogP contribution in [-0.4, -0.2) is 4.57 Å². The van der Waals surface area contributed by atoms with Crippen molar-refractivity contribution in [3.8, 4) is 27.9 Å². The fraction of sp³-hybridized carbons (Fsp3) is 0.143.